The monoisotopic (exact) mass is 193 g/mol. The highest BCUT2D eigenvalue weighted by Gasteiger charge is 2.14. The van der Waals surface area contributed by atoms with Crippen molar-refractivity contribution in [2.24, 2.45) is 0 Å². The standard InChI is InChI=1S/C12H19NO/c1-3-4-5-12(14)10(2)11-6-8-13-9-7-11/h6-10,12,14H,3-5H2,1-2H3. The summed E-state index contributed by atoms with van der Waals surface area (Å²) in [6, 6.07) is 3.94. The van der Waals surface area contributed by atoms with Gasteiger partial charge in [-0.05, 0) is 24.1 Å². The lowest BCUT2D eigenvalue weighted by molar-refractivity contribution is 0.137. The highest BCUT2D eigenvalue weighted by atomic mass is 16.3. The maximum atomic E-state index is 9.88. The molecule has 1 aromatic rings. The summed E-state index contributed by atoms with van der Waals surface area (Å²) in [5.74, 6) is 0.213. The molecule has 0 aromatic carbocycles. The van der Waals surface area contributed by atoms with Crippen molar-refractivity contribution >= 4 is 0 Å². The van der Waals surface area contributed by atoms with Crippen LogP contribution in [0.15, 0.2) is 24.5 Å². The molecule has 0 radical (unpaired) electrons. The average molecular weight is 193 g/mol. The predicted octanol–water partition coefficient (Wildman–Crippen LogP) is 2.74. The molecule has 0 bridgehead atoms. The normalized spacial score (nSPS) is 15.1. The molecule has 78 valence electrons. The Balaban J connectivity index is 2.52. The van der Waals surface area contributed by atoms with Gasteiger partial charge in [0.1, 0.15) is 0 Å². The first-order chi connectivity index (χ1) is 6.75. The Bertz CT molecular complexity index is 248. The third-order valence-electron chi connectivity index (χ3n) is 2.66. The lowest BCUT2D eigenvalue weighted by Gasteiger charge is -2.18. The van der Waals surface area contributed by atoms with Crippen LogP contribution in [0, 0.1) is 0 Å². The molecular formula is C12H19NO. The highest BCUT2D eigenvalue weighted by molar-refractivity contribution is 5.16. The third-order valence-corrected chi connectivity index (χ3v) is 2.66. The van der Waals surface area contributed by atoms with Crippen molar-refractivity contribution in [3.8, 4) is 0 Å². The van der Waals surface area contributed by atoms with E-state index in [2.05, 4.69) is 18.8 Å². The van der Waals surface area contributed by atoms with Crippen LogP contribution in [-0.4, -0.2) is 16.2 Å². The van der Waals surface area contributed by atoms with Gasteiger partial charge in [-0.15, -0.1) is 0 Å². The molecule has 2 heteroatoms. The molecule has 2 unspecified atom stereocenters. The minimum atomic E-state index is -0.225. The zero-order chi connectivity index (χ0) is 10.4. The minimum absolute atomic E-state index is 0.213. The van der Waals surface area contributed by atoms with E-state index in [4.69, 9.17) is 0 Å². The Morgan fingerprint density at radius 1 is 1.36 bits per heavy atom. The van der Waals surface area contributed by atoms with Gasteiger partial charge in [-0.2, -0.15) is 0 Å². The topological polar surface area (TPSA) is 33.1 Å². The summed E-state index contributed by atoms with van der Waals surface area (Å²) < 4.78 is 0. The summed E-state index contributed by atoms with van der Waals surface area (Å²) >= 11 is 0. The van der Waals surface area contributed by atoms with Gasteiger partial charge in [0.05, 0.1) is 6.10 Å². The quantitative estimate of drug-likeness (QED) is 0.780. The van der Waals surface area contributed by atoms with Gasteiger partial charge in [0.25, 0.3) is 0 Å². The number of nitrogens with zero attached hydrogens (tertiary/aromatic N) is 1. The molecule has 1 N–H and O–H groups in total. The second kappa shape index (κ2) is 5.76. The molecule has 0 amide bonds. The fourth-order valence-corrected chi connectivity index (χ4v) is 1.55. The molecule has 2 atom stereocenters. The maximum Gasteiger partial charge on any atom is 0.0606 e. The van der Waals surface area contributed by atoms with Gasteiger partial charge < -0.3 is 5.11 Å². The number of hydrogen-bond acceptors (Lipinski definition) is 2. The number of hydrogen-bond donors (Lipinski definition) is 1. The molecule has 2 nitrogen and oxygen atoms in total. The molecular weight excluding hydrogens is 174 g/mol. The van der Waals surface area contributed by atoms with E-state index in [0.29, 0.717) is 0 Å². The van der Waals surface area contributed by atoms with Gasteiger partial charge in [-0.25, -0.2) is 0 Å². The van der Waals surface area contributed by atoms with Crippen molar-refractivity contribution in [1.82, 2.24) is 4.98 Å². The van der Waals surface area contributed by atoms with E-state index in [-0.39, 0.29) is 12.0 Å². The smallest absolute Gasteiger partial charge is 0.0606 e. The van der Waals surface area contributed by atoms with Crippen molar-refractivity contribution in [3.05, 3.63) is 30.1 Å². The molecule has 0 fully saturated rings. The van der Waals surface area contributed by atoms with Crippen LogP contribution in [0.5, 0.6) is 0 Å². The van der Waals surface area contributed by atoms with Gasteiger partial charge in [0.2, 0.25) is 0 Å². The van der Waals surface area contributed by atoms with Gasteiger partial charge >= 0.3 is 0 Å². The summed E-state index contributed by atoms with van der Waals surface area (Å²) in [6.07, 6.45) is 6.45. The van der Waals surface area contributed by atoms with E-state index in [1.165, 1.54) is 5.56 Å². The fraction of sp³-hybridized carbons (Fsp3) is 0.583. The van der Waals surface area contributed by atoms with E-state index in [1.807, 2.05) is 12.1 Å². The van der Waals surface area contributed by atoms with Crippen LogP contribution in [-0.2, 0) is 0 Å². The Morgan fingerprint density at radius 3 is 2.57 bits per heavy atom. The summed E-state index contributed by atoms with van der Waals surface area (Å²) in [7, 11) is 0. The first-order valence-corrected chi connectivity index (χ1v) is 5.33. The summed E-state index contributed by atoms with van der Waals surface area (Å²) in [5.41, 5.74) is 1.17. The van der Waals surface area contributed by atoms with Crippen LogP contribution >= 0.6 is 0 Å². The van der Waals surface area contributed by atoms with E-state index < -0.39 is 0 Å². The van der Waals surface area contributed by atoms with E-state index in [9.17, 15) is 5.11 Å². The SMILES string of the molecule is CCCCC(O)C(C)c1ccncc1. The Kier molecular flexibility index (Phi) is 4.60. The van der Waals surface area contributed by atoms with Crippen molar-refractivity contribution in [2.75, 3.05) is 0 Å². The first-order valence-electron chi connectivity index (χ1n) is 5.33. The van der Waals surface area contributed by atoms with Crippen LogP contribution in [0.1, 0.15) is 44.6 Å². The first kappa shape index (κ1) is 11.2. The predicted molar refractivity (Wildman–Crippen MR) is 58.2 cm³/mol. The van der Waals surface area contributed by atoms with Crippen LogP contribution in [0.4, 0.5) is 0 Å². The number of aliphatic hydroxyl groups is 1. The van der Waals surface area contributed by atoms with Gasteiger partial charge in [0.15, 0.2) is 0 Å². The third kappa shape index (κ3) is 3.11. The zero-order valence-electron chi connectivity index (χ0n) is 8.98. The average Bonchev–Trinajstić information content (AvgIpc) is 2.26. The Morgan fingerprint density at radius 2 is 2.00 bits per heavy atom. The molecule has 0 spiro atoms. The van der Waals surface area contributed by atoms with Crippen molar-refractivity contribution in [3.63, 3.8) is 0 Å². The number of unbranched alkanes of at least 4 members (excludes halogenated alkanes) is 1. The van der Waals surface area contributed by atoms with Crippen LogP contribution in [0.3, 0.4) is 0 Å². The number of aromatic nitrogens is 1. The van der Waals surface area contributed by atoms with Crippen LogP contribution in [0.2, 0.25) is 0 Å². The number of rotatable bonds is 5. The Hall–Kier alpha value is -0.890. The lowest BCUT2D eigenvalue weighted by atomic mass is 9.93. The second-order valence-electron chi connectivity index (χ2n) is 3.78. The zero-order valence-corrected chi connectivity index (χ0v) is 8.98. The number of pyridine rings is 1. The van der Waals surface area contributed by atoms with E-state index >= 15 is 0 Å². The molecule has 0 saturated carbocycles. The van der Waals surface area contributed by atoms with Crippen molar-refractivity contribution < 1.29 is 5.11 Å². The molecule has 0 aliphatic rings. The molecule has 1 aromatic heterocycles. The van der Waals surface area contributed by atoms with Gasteiger partial charge in [0, 0.05) is 18.3 Å². The summed E-state index contributed by atoms with van der Waals surface area (Å²) in [5, 5.41) is 9.88. The van der Waals surface area contributed by atoms with E-state index in [0.717, 1.165) is 19.3 Å². The largest absolute Gasteiger partial charge is 0.393 e. The highest BCUT2D eigenvalue weighted by Crippen LogP contribution is 2.21. The molecule has 14 heavy (non-hydrogen) atoms. The fourth-order valence-electron chi connectivity index (χ4n) is 1.55. The van der Waals surface area contributed by atoms with Crippen molar-refractivity contribution in [1.29, 1.82) is 0 Å². The lowest BCUT2D eigenvalue weighted by Crippen LogP contribution is -2.15. The van der Waals surface area contributed by atoms with Crippen molar-refractivity contribution in [2.45, 2.75) is 45.1 Å². The molecule has 0 aliphatic heterocycles. The molecule has 1 heterocycles. The van der Waals surface area contributed by atoms with Crippen LogP contribution in [0.25, 0.3) is 0 Å². The summed E-state index contributed by atoms with van der Waals surface area (Å²) in [4.78, 5) is 3.97. The number of aliphatic hydroxyl groups excluding tert-OH is 1. The van der Waals surface area contributed by atoms with Crippen LogP contribution < -0.4 is 0 Å². The molecule has 0 aliphatic carbocycles. The van der Waals surface area contributed by atoms with Gasteiger partial charge in [-0.3, -0.25) is 4.98 Å². The molecule has 0 saturated heterocycles. The molecule has 1 rings (SSSR count). The van der Waals surface area contributed by atoms with Gasteiger partial charge in [-0.1, -0.05) is 26.7 Å². The summed E-state index contributed by atoms with van der Waals surface area (Å²) in [6.45, 7) is 4.21. The maximum absolute atomic E-state index is 9.88. The van der Waals surface area contributed by atoms with E-state index in [1.54, 1.807) is 12.4 Å². The second-order valence-corrected chi connectivity index (χ2v) is 3.78. The Labute approximate surface area is 86.0 Å². The minimum Gasteiger partial charge on any atom is -0.393 e.